The maximum absolute atomic E-state index is 8.88. The predicted octanol–water partition coefficient (Wildman–Crippen LogP) is -7.00. The smallest absolute Gasteiger partial charge is 1.00 e. The summed E-state index contributed by atoms with van der Waals surface area (Å²) in [5.41, 5.74) is 0. The van der Waals surface area contributed by atoms with E-state index in [0.29, 0.717) is 0 Å². The van der Waals surface area contributed by atoms with Crippen molar-refractivity contribution >= 4 is 45.0 Å². The quantitative estimate of drug-likeness (QED) is 0.282. The van der Waals surface area contributed by atoms with Gasteiger partial charge in [-0.25, -0.2) is 4.57 Å². The second kappa shape index (κ2) is 12.5. The molecular weight excluding hydrogens is 215 g/mol. The fraction of sp³-hybridized carbons (Fsp3) is 0. The molecular formula is H12AlGaLiO5P. The minimum atomic E-state index is -4.64. The maximum Gasteiger partial charge on any atom is 1.00 e. The molecule has 9 heavy (non-hydrogen) atoms. The van der Waals surface area contributed by atoms with Gasteiger partial charge in [-0.1, -0.05) is 0 Å². The summed E-state index contributed by atoms with van der Waals surface area (Å²) in [6, 6.07) is 0. The summed E-state index contributed by atoms with van der Waals surface area (Å²) in [5.74, 6) is 0. The molecule has 0 aromatic heterocycles. The van der Waals surface area contributed by atoms with Crippen LogP contribution in [0.3, 0.4) is 0 Å². The molecule has 0 aliphatic heterocycles. The summed E-state index contributed by atoms with van der Waals surface area (Å²) >= 11 is 0. The molecule has 0 rings (SSSR count). The van der Waals surface area contributed by atoms with Crippen molar-refractivity contribution in [1.29, 1.82) is 0 Å². The van der Waals surface area contributed by atoms with Gasteiger partial charge in [0, 0.05) is 0 Å². The molecule has 0 heterocycles. The van der Waals surface area contributed by atoms with Gasteiger partial charge in [0.15, 0.2) is 17.4 Å². The topological polar surface area (TPSA) is 109 Å². The molecule has 0 aromatic rings. The largest absolute Gasteiger partial charge is 1.00 e. The van der Waals surface area contributed by atoms with Crippen molar-refractivity contribution in [2.75, 3.05) is 0 Å². The summed E-state index contributed by atoms with van der Waals surface area (Å²) in [7, 11) is -4.64. The van der Waals surface area contributed by atoms with E-state index in [9.17, 15) is 0 Å². The molecule has 0 saturated carbocycles. The van der Waals surface area contributed by atoms with Crippen LogP contribution in [0.25, 0.3) is 0 Å². The number of hydrogen-bond donors (Lipinski definition) is 3. The van der Waals surface area contributed by atoms with Crippen LogP contribution in [-0.4, -0.2) is 57.3 Å². The Kier molecular flexibility index (Phi) is 42.8. The Balaban J connectivity index is -0.00000000800. The minimum absolute atomic E-state index is 0. The van der Waals surface area contributed by atoms with Crippen LogP contribution in [0.2, 0.25) is 0 Å². The monoisotopic (exact) mass is 226 g/mol. The van der Waals surface area contributed by atoms with Crippen molar-refractivity contribution in [3.63, 3.8) is 0 Å². The molecule has 54 valence electrons. The summed E-state index contributed by atoms with van der Waals surface area (Å²) in [5, 5.41) is 0. The molecule has 0 aliphatic carbocycles. The van der Waals surface area contributed by atoms with Crippen LogP contribution < -0.4 is 18.9 Å². The van der Waals surface area contributed by atoms with Crippen molar-refractivity contribution in [2.45, 2.75) is 0 Å². The third-order valence-electron chi connectivity index (χ3n) is 0. The van der Waals surface area contributed by atoms with E-state index < -0.39 is 7.82 Å². The third-order valence-corrected chi connectivity index (χ3v) is 0. The Morgan fingerprint density at radius 3 is 1.22 bits per heavy atom. The second-order valence-corrected chi connectivity index (χ2v) is 1.54. The fourth-order valence-corrected chi connectivity index (χ4v) is 0. The van der Waals surface area contributed by atoms with Gasteiger partial charge < -0.3 is 21.6 Å². The van der Waals surface area contributed by atoms with Crippen LogP contribution in [-0.2, 0) is 4.57 Å². The molecule has 0 spiro atoms. The Bertz CT molecular complexity index is 67.8. The van der Waals surface area contributed by atoms with Gasteiger partial charge >= 0.3 is 46.5 Å². The van der Waals surface area contributed by atoms with Crippen LogP contribution in [0.5, 0.6) is 0 Å². The van der Waals surface area contributed by atoms with Crippen molar-refractivity contribution in [1.82, 2.24) is 0 Å². The van der Waals surface area contributed by atoms with Crippen LogP contribution in [0.1, 0.15) is 1.43 Å². The summed E-state index contributed by atoms with van der Waals surface area (Å²) in [6.07, 6.45) is 0. The van der Waals surface area contributed by atoms with Crippen molar-refractivity contribution in [2.24, 2.45) is 0 Å². The van der Waals surface area contributed by atoms with Gasteiger partial charge in [0.05, 0.1) is 0 Å². The molecule has 9 heteroatoms. The van der Waals surface area contributed by atoms with Crippen molar-refractivity contribution in [3.8, 4) is 0 Å². The number of rotatable bonds is 0. The van der Waals surface area contributed by atoms with Crippen LogP contribution in [0.15, 0.2) is 0 Å². The molecule has 0 fully saturated rings. The van der Waals surface area contributed by atoms with Crippen molar-refractivity contribution < 1.29 is 45.0 Å². The van der Waals surface area contributed by atoms with E-state index in [4.69, 9.17) is 19.2 Å². The zero-order chi connectivity index (χ0) is 4.50. The molecule has 0 bridgehead atoms. The summed E-state index contributed by atoms with van der Waals surface area (Å²) in [4.78, 5) is 21.6. The Morgan fingerprint density at radius 1 is 1.22 bits per heavy atom. The molecule has 5 N–H and O–H groups in total. The van der Waals surface area contributed by atoms with E-state index in [2.05, 4.69) is 0 Å². The Labute approximate surface area is 89.6 Å². The predicted molar refractivity (Wildman–Crippen MR) is 38.9 cm³/mol. The normalized spacial score (nSPS) is 6.56. The average Bonchev–Trinajstić information content (AvgIpc) is 0.722. The zero-order valence-electron chi connectivity index (χ0n) is 4.70. The average molecular weight is 227 g/mol. The van der Waals surface area contributed by atoms with Crippen molar-refractivity contribution in [3.05, 3.63) is 0 Å². The standard InChI is InChI=1S/Al.Ga.Li.H3O4P.H2O.7H/c;;;1-5(2,3)4;;;;;;;;/h;;;(H3,1,2,3,4);1H2;;;;;;;/q;;+1;;;;;;;;;-1. The van der Waals surface area contributed by atoms with Gasteiger partial charge in [0.1, 0.15) is 0 Å². The zero-order valence-corrected chi connectivity index (χ0v) is 4.59. The second-order valence-electron chi connectivity index (χ2n) is 0.513. The van der Waals surface area contributed by atoms with E-state index in [0.717, 1.165) is 0 Å². The molecule has 0 amide bonds. The SMILES string of the molecule is O.O=P(O)(O)O.[AlH3].[GaH3].[H-].[Li+]. The summed E-state index contributed by atoms with van der Waals surface area (Å²) in [6.45, 7) is 0. The maximum atomic E-state index is 8.88. The molecule has 0 aromatic carbocycles. The molecule has 0 radical (unpaired) electrons. The minimum Gasteiger partial charge on any atom is -1.00 e. The van der Waals surface area contributed by atoms with Gasteiger partial charge in [-0.05, 0) is 0 Å². The van der Waals surface area contributed by atoms with Crippen LogP contribution in [0.4, 0.5) is 0 Å². The van der Waals surface area contributed by atoms with Gasteiger partial charge in [-0.15, -0.1) is 0 Å². The first kappa shape index (κ1) is 30.8. The van der Waals surface area contributed by atoms with E-state index in [1.807, 2.05) is 0 Å². The molecule has 0 atom stereocenters. The Morgan fingerprint density at radius 2 is 1.22 bits per heavy atom. The van der Waals surface area contributed by atoms with Gasteiger partial charge in [-0.3, -0.25) is 0 Å². The van der Waals surface area contributed by atoms with Gasteiger partial charge in [-0.2, -0.15) is 0 Å². The molecule has 0 aliphatic rings. The van der Waals surface area contributed by atoms with Crippen LogP contribution in [0, 0.1) is 0 Å². The first-order valence-electron chi connectivity index (χ1n) is 0.783. The fourth-order valence-electron chi connectivity index (χ4n) is 0. The molecule has 0 saturated heterocycles. The van der Waals surface area contributed by atoms with E-state index in [-0.39, 0.29) is 62.9 Å². The first-order valence-corrected chi connectivity index (χ1v) is 2.35. The van der Waals surface area contributed by atoms with Crippen LogP contribution >= 0.6 is 7.82 Å². The van der Waals surface area contributed by atoms with E-state index in [1.165, 1.54) is 0 Å². The van der Waals surface area contributed by atoms with E-state index >= 15 is 0 Å². The first-order chi connectivity index (χ1) is 2.00. The van der Waals surface area contributed by atoms with E-state index in [1.54, 1.807) is 0 Å². The number of hydrogen-bond acceptors (Lipinski definition) is 1. The molecule has 5 nitrogen and oxygen atoms in total. The summed E-state index contributed by atoms with van der Waals surface area (Å²) < 4.78 is 8.88. The van der Waals surface area contributed by atoms with Gasteiger partial charge in [0.25, 0.3) is 0 Å². The third kappa shape index (κ3) is 179. The number of phosphoric acid groups is 1. The Hall–Kier alpha value is 1.84. The van der Waals surface area contributed by atoms with Gasteiger partial charge in [0.2, 0.25) is 0 Å². The molecule has 0 unspecified atom stereocenters.